The minimum atomic E-state index is -0.338. The van der Waals surface area contributed by atoms with E-state index in [1.54, 1.807) is 0 Å². The monoisotopic (exact) mass is 206 g/mol. The van der Waals surface area contributed by atoms with Crippen molar-refractivity contribution in [3.63, 3.8) is 0 Å². The first-order valence-corrected chi connectivity index (χ1v) is 5.67. The molecule has 15 heavy (non-hydrogen) atoms. The van der Waals surface area contributed by atoms with Gasteiger partial charge in [-0.2, -0.15) is 0 Å². The smallest absolute Gasteiger partial charge is 0.317 e. The van der Waals surface area contributed by atoms with Crippen LogP contribution in [0.1, 0.15) is 25.7 Å². The van der Waals surface area contributed by atoms with Crippen LogP contribution < -0.4 is 0 Å². The van der Waals surface area contributed by atoms with E-state index >= 15 is 0 Å². The van der Waals surface area contributed by atoms with Gasteiger partial charge >= 0.3 is 11.9 Å². The second kappa shape index (κ2) is 3.19. The van der Waals surface area contributed by atoms with Crippen LogP contribution in [0.3, 0.4) is 0 Å². The molecule has 1 aliphatic heterocycles. The van der Waals surface area contributed by atoms with Crippen molar-refractivity contribution < 1.29 is 14.3 Å². The summed E-state index contributed by atoms with van der Waals surface area (Å²) in [7, 11) is 0. The molecule has 3 aliphatic carbocycles. The SMILES string of the molecule is O=C1CC(C2CC3C=CC2CC3)C(=O)O1. The molecule has 1 heterocycles. The van der Waals surface area contributed by atoms with Crippen molar-refractivity contribution in [2.75, 3.05) is 0 Å². The standard InChI is InChI=1S/C12H14O3/c13-11-6-10(12(14)15-11)9-5-7-1-3-8(9)4-2-7/h1,3,7-10H,2,4-6H2. The zero-order valence-corrected chi connectivity index (χ0v) is 8.52. The summed E-state index contributed by atoms with van der Waals surface area (Å²) in [5.74, 6) is 0.700. The van der Waals surface area contributed by atoms with Gasteiger partial charge in [-0.3, -0.25) is 9.59 Å². The second-order valence-electron chi connectivity index (χ2n) is 4.89. The van der Waals surface area contributed by atoms with Gasteiger partial charge in [0.15, 0.2) is 0 Å². The molecule has 0 aromatic rings. The number of esters is 2. The Morgan fingerprint density at radius 1 is 1.20 bits per heavy atom. The first-order chi connectivity index (χ1) is 7.24. The normalized spacial score (nSPS) is 43.5. The molecule has 4 aliphatic rings. The molecule has 0 radical (unpaired) electrons. The second-order valence-corrected chi connectivity index (χ2v) is 4.89. The summed E-state index contributed by atoms with van der Waals surface area (Å²) in [4.78, 5) is 22.5. The van der Waals surface area contributed by atoms with Gasteiger partial charge in [0.2, 0.25) is 0 Å². The van der Waals surface area contributed by atoms with Gasteiger partial charge in [0, 0.05) is 0 Å². The Morgan fingerprint density at radius 3 is 2.53 bits per heavy atom. The van der Waals surface area contributed by atoms with E-state index in [2.05, 4.69) is 16.9 Å². The molecule has 0 aromatic heterocycles. The molecule has 0 N–H and O–H groups in total. The summed E-state index contributed by atoms with van der Waals surface area (Å²) < 4.78 is 4.63. The summed E-state index contributed by atoms with van der Waals surface area (Å²) in [6.45, 7) is 0. The van der Waals surface area contributed by atoms with Crippen molar-refractivity contribution in [3.05, 3.63) is 12.2 Å². The van der Waals surface area contributed by atoms with Gasteiger partial charge < -0.3 is 4.74 Å². The predicted molar refractivity (Wildman–Crippen MR) is 52.7 cm³/mol. The van der Waals surface area contributed by atoms with E-state index in [-0.39, 0.29) is 17.9 Å². The molecule has 3 heteroatoms. The number of carbonyl (C=O) groups is 2. The van der Waals surface area contributed by atoms with Gasteiger partial charge in [0.05, 0.1) is 12.3 Å². The van der Waals surface area contributed by atoms with Crippen molar-refractivity contribution in [1.29, 1.82) is 0 Å². The highest BCUT2D eigenvalue weighted by Crippen LogP contribution is 2.46. The van der Waals surface area contributed by atoms with Crippen LogP contribution in [-0.2, 0) is 14.3 Å². The highest BCUT2D eigenvalue weighted by Gasteiger charge is 2.45. The number of allylic oxidation sites excluding steroid dienone is 2. The number of hydrogen-bond donors (Lipinski definition) is 0. The fraction of sp³-hybridized carbons (Fsp3) is 0.667. The Kier molecular flexibility index (Phi) is 1.94. The lowest BCUT2D eigenvalue weighted by Crippen LogP contribution is -2.34. The molecule has 2 bridgehead atoms. The molecule has 2 fully saturated rings. The largest absolute Gasteiger partial charge is 0.393 e. The van der Waals surface area contributed by atoms with Gasteiger partial charge in [-0.25, -0.2) is 0 Å². The van der Waals surface area contributed by atoms with E-state index in [1.807, 2.05) is 0 Å². The first-order valence-electron chi connectivity index (χ1n) is 5.67. The van der Waals surface area contributed by atoms with Crippen molar-refractivity contribution in [1.82, 2.24) is 0 Å². The average molecular weight is 206 g/mol. The third-order valence-electron chi connectivity index (χ3n) is 4.05. The molecule has 4 unspecified atom stereocenters. The summed E-state index contributed by atoms with van der Waals surface area (Å²) in [5, 5.41) is 0. The minimum absolute atomic E-state index is 0.157. The Balaban J connectivity index is 1.81. The van der Waals surface area contributed by atoms with Crippen LogP contribution in [0.25, 0.3) is 0 Å². The highest BCUT2D eigenvalue weighted by atomic mass is 16.6. The summed E-state index contributed by atoms with van der Waals surface area (Å²) in [6.07, 6.45) is 8.29. The van der Waals surface area contributed by atoms with E-state index in [0.29, 0.717) is 24.2 Å². The fourth-order valence-corrected chi connectivity index (χ4v) is 3.26. The van der Waals surface area contributed by atoms with Crippen molar-refractivity contribution >= 4 is 11.9 Å². The highest BCUT2D eigenvalue weighted by molar-refractivity contribution is 5.94. The molecule has 80 valence electrons. The molecule has 4 atom stereocenters. The molecule has 0 amide bonds. The third-order valence-corrected chi connectivity index (χ3v) is 4.05. The van der Waals surface area contributed by atoms with Crippen molar-refractivity contribution in [2.24, 2.45) is 23.7 Å². The lowest BCUT2D eigenvalue weighted by Gasteiger charge is -2.39. The molecule has 1 saturated heterocycles. The molecule has 0 spiro atoms. The van der Waals surface area contributed by atoms with Crippen LogP contribution in [0, 0.1) is 23.7 Å². The molecule has 1 saturated carbocycles. The summed E-state index contributed by atoms with van der Waals surface area (Å²) >= 11 is 0. The van der Waals surface area contributed by atoms with Crippen LogP contribution in [-0.4, -0.2) is 11.9 Å². The maximum Gasteiger partial charge on any atom is 0.317 e. The lowest BCUT2D eigenvalue weighted by molar-refractivity contribution is -0.153. The maximum absolute atomic E-state index is 11.5. The summed E-state index contributed by atoms with van der Waals surface area (Å²) in [6, 6.07) is 0. The predicted octanol–water partition coefficient (Wildman–Crippen LogP) is 1.68. The third kappa shape index (κ3) is 1.41. The zero-order valence-electron chi connectivity index (χ0n) is 8.52. The van der Waals surface area contributed by atoms with Crippen LogP contribution in [0.15, 0.2) is 12.2 Å². The number of ether oxygens (including phenoxy) is 1. The van der Waals surface area contributed by atoms with Gasteiger partial charge in [0.25, 0.3) is 0 Å². The Hall–Kier alpha value is -1.12. The zero-order chi connectivity index (χ0) is 10.4. The lowest BCUT2D eigenvalue weighted by atomic mass is 9.64. The first kappa shape index (κ1) is 9.13. The number of cyclic esters (lactones) is 2. The topological polar surface area (TPSA) is 43.4 Å². The number of hydrogen-bond acceptors (Lipinski definition) is 3. The Labute approximate surface area is 88.5 Å². The van der Waals surface area contributed by atoms with Crippen molar-refractivity contribution in [3.8, 4) is 0 Å². The van der Waals surface area contributed by atoms with Crippen LogP contribution in [0.4, 0.5) is 0 Å². The van der Waals surface area contributed by atoms with E-state index in [4.69, 9.17) is 0 Å². The van der Waals surface area contributed by atoms with Gasteiger partial charge in [-0.1, -0.05) is 12.2 Å². The van der Waals surface area contributed by atoms with Crippen LogP contribution in [0.5, 0.6) is 0 Å². The average Bonchev–Trinajstić information content (AvgIpc) is 2.59. The minimum Gasteiger partial charge on any atom is -0.393 e. The Morgan fingerprint density at radius 2 is 2.07 bits per heavy atom. The number of fused-ring (bicyclic) bond motifs is 2. The summed E-state index contributed by atoms with van der Waals surface area (Å²) in [5.41, 5.74) is 0. The molecular weight excluding hydrogens is 192 g/mol. The van der Waals surface area contributed by atoms with Crippen LogP contribution in [0.2, 0.25) is 0 Å². The molecule has 4 rings (SSSR count). The van der Waals surface area contributed by atoms with Gasteiger partial charge in [-0.05, 0) is 37.0 Å². The number of carbonyl (C=O) groups excluding carboxylic acids is 2. The number of rotatable bonds is 1. The Bertz CT molecular complexity index is 345. The van der Waals surface area contributed by atoms with E-state index in [0.717, 1.165) is 6.42 Å². The van der Waals surface area contributed by atoms with E-state index < -0.39 is 0 Å². The quantitative estimate of drug-likeness (QED) is 0.372. The molecule has 0 aromatic carbocycles. The maximum atomic E-state index is 11.5. The fourth-order valence-electron chi connectivity index (χ4n) is 3.26. The van der Waals surface area contributed by atoms with E-state index in [1.165, 1.54) is 12.8 Å². The van der Waals surface area contributed by atoms with E-state index in [9.17, 15) is 9.59 Å². The van der Waals surface area contributed by atoms with Crippen molar-refractivity contribution in [2.45, 2.75) is 25.7 Å². The molecular formula is C12H14O3. The molecule has 3 nitrogen and oxygen atoms in total. The van der Waals surface area contributed by atoms with Gasteiger partial charge in [0.1, 0.15) is 0 Å². The van der Waals surface area contributed by atoms with Gasteiger partial charge in [-0.15, -0.1) is 0 Å². The van der Waals surface area contributed by atoms with Crippen LogP contribution >= 0.6 is 0 Å².